The van der Waals surface area contributed by atoms with Crippen LogP contribution in [0.4, 0.5) is 0 Å². The second-order valence-corrected chi connectivity index (χ2v) is 5.19. The molecule has 1 N–H and O–H groups in total. The molecule has 0 unspecified atom stereocenters. The Labute approximate surface area is 145 Å². The van der Waals surface area contributed by atoms with Crippen LogP contribution >= 0.6 is 11.6 Å². The molecule has 1 aromatic carbocycles. The lowest BCUT2D eigenvalue weighted by Gasteiger charge is -2.05. The molecule has 1 rings (SSSR count). The van der Waals surface area contributed by atoms with Crippen LogP contribution in [0, 0.1) is 0 Å². The lowest BCUT2D eigenvalue weighted by atomic mass is 10.2. The first-order chi connectivity index (χ1) is 11.5. The van der Waals surface area contributed by atoms with Gasteiger partial charge in [0.1, 0.15) is 0 Å². The number of hydrogen-bond donors (Lipinski definition) is 1. The van der Waals surface area contributed by atoms with Gasteiger partial charge >= 0.3 is 11.9 Å². The number of benzene rings is 1. The van der Waals surface area contributed by atoms with Crippen LogP contribution in [0.1, 0.15) is 25.3 Å². The number of carbonyl (C=O) groups is 3. The van der Waals surface area contributed by atoms with Gasteiger partial charge in [-0.2, -0.15) is 0 Å². The molecule has 0 aromatic heterocycles. The van der Waals surface area contributed by atoms with Crippen LogP contribution in [-0.2, 0) is 23.9 Å². The predicted octanol–water partition coefficient (Wildman–Crippen LogP) is 2.36. The van der Waals surface area contributed by atoms with E-state index in [2.05, 4.69) is 5.32 Å². The van der Waals surface area contributed by atoms with Crippen LogP contribution in [0.5, 0.6) is 0 Å². The van der Waals surface area contributed by atoms with Crippen molar-refractivity contribution in [2.24, 2.45) is 0 Å². The first-order valence-electron chi connectivity index (χ1n) is 7.54. The molecule has 0 fully saturated rings. The number of halogens is 1. The van der Waals surface area contributed by atoms with Crippen molar-refractivity contribution in [3.05, 3.63) is 40.9 Å². The van der Waals surface area contributed by atoms with E-state index < -0.39 is 11.9 Å². The maximum Gasteiger partial charge on any atom is 0.331 e. The summed E-state index contributed by atoms with van der Waals surface area (Å²) in [6.07, 6.45) is 3.50. The zero-order chi connectivity index (χ0) is 17.8. The number of carbonyl (C=O) groups excluding carboxylic acids is 3. The van der Waals surface area contributed by atoms with Crippen molar-refractivity contribution in [3.63, 3.8) is 0 Å². The standard InChI is InChI=1S/C17H20ClNO5/c1-2-23-16(21)4-3-11-19-15(20)12-24-17(22)10-7-13-5-8-14(18)9-6-13/h5-10H,2-4,11-12H2,1H3,(H,19,20). The van der Waals surface area contributed by atoms with Gasteiger partial charge in [-0.15, -0.1) is 0 Å². The van der Waals surface area contributed by atoms with Crippen molar-refractivity contribution in [1.29, 1.82) is 0 Å². The summed E-state index contributed by atoms with van der Waals surface area (Å²) in [6, 6.07) is 6.91. The van der Waals surface area contributed by atoms with E-state index in [0.717, 1.165) is 5.56 Å². The summed E-state index contributed by atoms with van der Waals surface area (Å²) in [5.41, 5.74) is 0.791. The molecule has 0 radical (unpaired) electrons. The molecule has 24 heavy (non-hydrogen) atoms. The van der Waals surface area contributed by atoms with E-state index in [0.29, 0.717) is 24.6 Å². The molecule has 0 bridgehead atoms. The fourth-order valence-electron chi connectivity index (χ4n) is 1.67. The summed E-state index contributed by atoms with van der Waals surface area (Å²) in [7, 11) is 0. The number of esters is 2. The van der Waals surface area contributed by atoms with Gasteiger partial charge in [0.15, 0.2) is 6.61 Å². The molecule has 0 aliphatic carbocycles. The van der Waals surface area contributed by atoms with Gasteiger partial charge in [-0.25, -0.2) is 4.79 Å². The molecule has 130 valence electrons. The molecule has 6 nitrogen and oxygen atoms in total. The van der Waals surface area contributed by atoms with Crippen molar-refractivity contribution >= 4 is 35.5 Å². The Balaban J connectivity index is 2.18. The molecule has 7 heteroatoms. The van der Waals surface area contributed by atoms with Gasteiger partial charge < -0.3 is 14.8 Å². The molecule has 0 aliphatic rings. The lowest BCUT2D eigenvalue weighted by Crippen LogP contribution is -2.29. The summed E-state index contributed by atoms with van der Waals surface area (Å²) in [5, 5.41) is 3.16. The van der Waals surface area contributed by atoms with E-state index in [1.807, 2.05) is 0 Å². The van der Waals surface area contributed by atoms with E-state index >= 15 is 0 Å². The molecule has 1 aromatic rings. The first-order valence-corrected chi connectivity index (χ1v) is 7.91. The minimum atomic E-state index is -0.619. The minimum absolute atomic E-state index is 0.234. The van der Waals surface area contributed by atoms with E-state index in [-0.39, 0.29) is 19.0 Å². The maximum absolute atomic E-state index is 11.5. The third-order valence-electron chi connectivity index (χ3n) is 2.81. The topological polar surface area (TPSA) is 81.7 Å². The highest BCUT2D eigenvalue weighted by Crippen LogP contribution is 2.10. The van der Waals surface area contributed by atoms with Crippen molar-refractivity contribution in [1.82, 2.24) is 5.32 Å². The second-order valence-electron chi connectivity index (χ2n) is 4.75. The second kappa shape index (κ2) is 11.2. The van der Waals surface area contributed by atoms with Gasteiger partial charge in [-0.3, -0.25) is 9.59 Å². The van der Waals surface area contributed by atoms with Gasteiger partial charge in [-0.05, 0) is 37.1 Å². The Morgan fingerprint density at radius 1 is 1.17 bits per heavy atom. The zero-order valence-corrected chi connectivity index (χ0v) is 14.2. The zero-order valence-electron chi connectivity index (χ0n) is 13.4. The van der Waals surface area contributed by atoms with E-state index in [9.17, 15) is 14.4 Å². The summed E-state index contributed by atoms with van der Waals surface area (Å²) in [5.74, 6) is -1.34. The number of nitrogens with one attached hydrogen (secondary N) is 1. The smallest absolute Gasteiger partial charge is 0.331 e. The molecule has 0 saturated carbocycles. The van der Waals surface area contributed by atoms with E-state index in [1.165, 1.54) is 6.08 Å². The monoisotopic (exact) mass is 353 g/mol. The Bertz CT molecular complexity index is 583. The fourth-order valence-corrected chi connectivity index (χ4v) is 1.79. The highest BCUT2D eigenvalue weighted by atomic mass is 35.5. The Morgan fingerprint density at radius 3 is 2.54 bits per heavy atom. The van der Waals surface area contributed by atoms with E-state index in [4.69, 9.17) is 21.1 Å². The third kappa shape index (κ3) is 8.95. The van der Waals surface area contributed by atoms with Crippen LogP contribution in [0.3, 0.4) is 0 Å². The number of hydrogen-bond acceptors (Lipinski definition) is 5. The quantitative estimate of drug-likeness (QED) is 0.418. The van der Waals surface area contributed by atoms with Gasteiger partial charge in [0.2, 0.25) is 0 Å². The summed E-state index contributed by atoms with van der Waals surface area (Å²) >= 11 is 5.76. The third-order valence-corrected chi connectivity index (χ3v) is 3.06. The van der Waals surface area contributed by atoms with Crippen LogP contribution in [0.15, 0.2) is 30.3 Å². The number of ether oxygens (including phenoxy) is 2. The first kappa shape index (κ1) is 19.7. The molecule has 0 aliphatic heterocycles. The van der Waals surface area contributed by atoms with Gasteiger partial charge in [-0.1, -0.05) is 23.7 Å². The average Bonchev–Trinajstić information content (AvgIpc) is 2.56. The van der Waals surface area contributed by atoms with Crippen LogP contribution < -0.4 is 5.32 Å². The lowest BCUT2D eigenvalue weighted by molar-refractivity contribution is -0.143. The summed E-state index contributed by atoms with van der Waals surface area (Å²) < 4.78 is 9.57. The van der Waals surface area contributed by atoms with Crippen molar-refractivity contribution in [3.8, 4) is 0 Å². The highest BCUT2D eigenvalue weighted by Gasteiger charge is 2.06. The van der Waals surface area contributed by atoms with Crippen LogP contribution in [0.25, 0.3) is 6.08 Å². The normalized spacial score (nSPS) is 10.4. The molecular weight excluding hydrogens is 334 g/mol. The fraction of sp³-hybridized carbons (Fsp3) is 0.353. The predicted molar refractivity (Wildman–Crippen MR) is 90.3 cm³/mol. The number of amides is 1. The van der Waals surface area contributed by atoms with Crippen LogP contribution in [-0.4, -0.2) is 37.6 Å². The van der Waals surface area contributed by atoms with Crippen molar-refractivity contribution in [2.75, 3.05) is 19.8 Å². The van der Waals surface area contributed by atoms with Crippen molar-refractivity contribution in [2.45, 2.75) is 19.8 Å². The summed E-state index contributed by atoms with van der Waals surface area (Å²) in [6.45, 7) is 2.01. The Morgan fingerprint density at radius 2 is 1.88 bits per heavy atom. The number of rotatable bonds is 9. The van der Waals surface area contributed by atoms with Crippen LogP contribution in [0.2, 0.25) is 5.02 Å². The maximum atomic E-state index is 11.5. The molecule has 0 spiro atoms. The van der Waals surface area contributed by atoms with Gasteiger partial charge in [0.05, 0.1) is 6.61 Å². The Kier molecular flexibility index (Phi) is 9.23. The molecular formula is C17H20ClNO5. The highest BCUT2D eigenvalue weighted by molar-refractivity contribution is 6.30. The largest absolute Gasteiger partial charge is 0.466 e. The minimum Gasteiger partial charge on any atom is -0.466 e. The molecule has 0 heterocycles. The molecule has 0 saturated heterocycles. The summed E-state index contributed by atoms with van der Waals surface area (Å²) in [4.78, 5) is 34.1. The van der Waals surface area contributed by atoms with Gasteiger partial charge in [0.25, 0.3) is 5.91 Å². The average molecular weight is 354 g/mol. The van der Waals surface area contributed by atoms with Gasteiger partial charge in [0, 0.05) is 24.1 Å². The molecule has 0 atom stereocenters. The SMILES string of the molecule is CCOC(=O)CCCNC(=O)COC(=O)C=Cc1ccc(Cl)cc1. The molecule has 1 amide bonds. The van der Waals surface area contributed by atoms with Crippen molar-refractivity contribution < 1.29 is 23.9 Å². The van der Waals surface area contributed by atoms with E-state index in [1.54, 1.807) is 37.3 Å². The Hall–Kier alpha value is -2.34.